The molecule has 0 spiro atoms. The summed E-state index contributed by atoms with van der Waals surface area (Å²) < 4.78 is 0.830. The van der Waals surface area contributed by atoms with Crippen molar-refractivity contribution >= 4 is 34.4 Å². The highest BCUT2D eigenvalue weighted by Crippen LogP contribution is 2.26. The summed E-state index contributed by atoms with van der Waals surface area (Å²) >= 11 is 2.09. The van der Waals surface area contributed by atoms with E-state index in [1.54, 1.807) is 36.4 Å². The predicted octanol–water partition coefficient (Wildman–Crippen LogP) is 2.88. The van der Waals surface area contributed by atoms with E-state index in [2.05, 4.69) is 22.6 Å². The van der Waals surface area contributed by atoms with E-state index in [-0.39, 0.29) is 0 Å². The van der Waals surface area contributed by atoms with Crippen LogP contribution < -0.4 is 4.84 Å². The SMILES string of the molecule is O=C1c2ccccc2C(=O)N1Oc1ccccc1I. The Hall–Kier alpha value is -1.89. The van der Waals surface area contributed by atoms with Crippen molar-refractivity contribution in [2.75, 3.05) is 0 Å². The van der Waals surface area contributed by atoms with E-state index in [0.29, 0.717) is 16.9 Å². The molecule has 0 fully saturated rings. The van der Waals surface area contributed by atoms with Crippen molar-refractivity contribution in [3.8, 4) is 5.75 Å². The molecule has 2 aromatic carbocycles. The molecule has 2 aromatic rings. The maximum Gasteiger partial charge on any atom is 0.295 e. The first-order chi connectivity index (χ1) is 9.18. The van der Waals surface area contributed by atoms with Crippen molar-refractivity contribution in [2.45, 2.75) is 0 Å². The fraction of sp³-hybridized carbons (Fsp3) is 0. The summed E-state index contributed by atoms with van der Waals surface area (Å²) in [6.07, 6.45) is 0. The number of halogens is 1. The lowest BCUT2D eigenvalue weighted by Crippen LogP contribution is -2.33. The molecule has 2 amide bonds. The van der Waals surface area contributed by atoms with Gasteiger partial charge in [-0.2, -0.15) is 0 Å². The van der Waals surface area contributed by atoms with E-state index in [0.717, 1.165) is 8.63 Å². The Balaban J connectivity index is 1.95. The third-order valence-electron chi connectivity index (χ3n) is 2.78. The van der Waals surface area contributed by atoms with Crippen molar-refractivity contribution in [3.63, 3.8) is 0 Å². The van der Waals surface area contributed by atoms with Crippen LogP contribution in [0.4, 0.5) is 0 Å². The summed E-state index contributed by atoms with van der Waals surface area (Å²) in [7, 11) is 0. The van der Waals surface area contributed by atoms with Crippen LogP contribution in [0.5, 0.6) is 5.75 Å². The predicted molar refractivity (Wildman–Crippen MR) is 76.7 cm³/mol. The summed E-state index contributed by atoms with van der Waals surface area (Å²) in [6, 6.07) is 13.9. The zero-order chi connectivity index (χ0) is 13.4. The van der Waals surface area contributed by atoms with Crippen LogP contribution in [0, 0.1) is 3.57 Å². The number of imide groups is 1. The van der Waals surface area contributed by atoms with E-state index in [1.807, 2.05) is 12.1 Å². The van der Waals surface area contributed by atoms with E-state index < -0.39 is 11.8 Å². The number of hydrogen-bond donors (Lipinski definition) is 0. The number of fused-ring (bicyclic) bond motifs is 1. The van der Waals surface area contributed by atoms with Crippen LogP contribution >= 0.6 is 22.6 Å². The van der Waals surface area contributed by atoms with Gasteiger partial charge in [-0.3, -0.25) is 9.59 Å². The van der Waals surface area contributed by atoms with Gasteiger partial charge in [0.15, 0.2) is 5.75 Å². The molecule has 0 atom stereocenters. The second kappa shape index (κ2) is 4.65. The minimum atomic E-state index is -0.430. The summed E-state index contributed by atoms with van der Waals surface area (Å²) in [5.74, 6) is -0.377. The molecule has 1 aliphatic heterocycles. The third kappa shape index (κ3) is 1.99. The second-order valence-electron chi connectivity index (χ2n) is 3.97. The molecule has 19 heavy (non-hydrogen) atoms. The molecular weight excluding hydrogens is 357 g/mol. The molecule has 0 aromatic heterocycles. The van der Waals surface area contributed by atoms with Crippen molar-refractivity contribution in [2.24, 2.45) is 0 Å². The fourth-order valence-electron chi connectivity index (χ4n) is 1.87. The molecule has 1 heterocycles. The van der Waals surface area contributed by atoms with Crippen LogP contribution in [0.1, 0.15) is 20.7 Å². The Kier molecular flexibility index (Phi) is 2.98. The molecule has 5 heteroatoms. The molecule has 3 rings (SSSR count). The monoisotopic (exact) mass is 365 g/mol. The standard InChI is InChI=1S/C14H8INO3/c15-11-7-3-4-8-12(11)19-16-13(17)9-5-1-2-6-10(9)14(16)18/h1-8H. The molecule has 0 radical (unpaired) electrons. The Morgan fingerprint density at radius 1 is 0.842 bits per heavy atom. The molecular formula is C14H8INO3. The number of hydroxylamine groups is 2. The van der Waals surface area contributed by atoms with E-state index >= 15 is 0 Å². The van der Waals surface area contributed by atoms with E-state index in [4.69, 9.17) is 4.84 Å². The van der Waals surface area contributed by atoms with Gasteiger partial charge >= 0.3 is 0 Å². The highest BCUT2D eigenvalue weighted by Gasteiger charge is 2.37. The van der Waals surface area contributed by atoms with Gasteiger partial charge in [0.2, 0.25) is 0 Å². The number of nitrogens with zero attached hydrogens (tertiary/aromatic N) is 1. The fourth-order valence-corrected chi connectivity index (χ4v) is 2.35. The molecule has 0 bridgehead atoms. The van der Waals surface area contributed by atoms with Gasteiger partial charge < -0.3 is 4.84 Å². The van der Waals surface area contributed by atoms with Gasteiger partial charge in [0, 0.05) is 0 Å². The average molecular weight is 365 g/mol. The highest BCUT2D eigenvalue weighted by molar-refractivity contribution is 14.1. The summed E-state index contributed by atoms with van der Waals surface area (Å²) in [5.41, 5.74) is 0.747. The molecule has 0 N–H and O–H groups in total. The number of amides is 2. The van der Waals surface area contributed by atoms with E-state index in [9.17, 15) is 9.59 Å². The van der Waals surface area contributed by atoms with Crippen molar-refractivity contribution in [1.82, 2.24) is 5.06 Å². The van der Waals surface area contributed by atoms with E-state index in [1.165, 1.54) is 0 Å². The molecule has 4 nitrogen and oxygen atoms in total. The van der Waals surface area contributed by atoms with Gasteiger partial charge in [-0.15, -0.1) is 0 Å². The van der Waals surface area contributed by atoms with Crippen LogP contribution in [0.25, 0.3) is 0 Å². The molecule has 94 valence electrons. The lowest BCUT2D eigenvalue weighted by Gasteiger charge is -2.15. The number of para-hydroxylation sites is 1. The molecule has 0 unspecified atom stereocenters. The van der Waals surface area contributed by atoms with Crippen LogP contribution in [-0.2, 0) is 0 Å². The van der Waals surface area contributed by atoms with Gasteiger partial charge in [0.05, 0.1) is 14.7 Å². The first-order valence-electron chi connectivity index (χ1n) is 5.59. The summed E-state index contributed by atoms with van der Waals surface area (Å²) in [6.45, 7) is 0. The van der Waals surface area contributed by atoms with Crippen molar-refractivity contribution < 1.29 is 14.4 Å². The topological polar surface area (TPSA) is 46.6 Å². The molecule has 0 saturated carbocycles. The highest BCUT2D eigenvalue weighted by atomic mass is 127. The largest absolute Gasteiger partial charge is 0.367 e. The first-order valence-corrected chi connectivity index (χ1v) is 6.66. The maximum absolute atomic E-state index is 12.1. The summed E-state index contributed by atoms with van der Waals surface area (Å²) in [4.78, 5) is 29.6. The van der Waals surface area contributed by atoms with Gasteiger partial charge in [-0.1, -0.05) is 29.3 Å². The third-order valence-corrected chi connectivity index (χ3v) is 3.67. The van der Waals surface area contributed by atoms with Crippen LogP contribution in [0.2, 0.25) is 0 Å². The van der Waals surface area contributed by atoms with Gasteiger partial charge in [0.1, 0.15) is 0 Å². The van der Waals surface area contributed by atoms with Gasteiger partial charge in [-0.05, 0) is 46.9 Å². The molecule has 0 aliphatic carbocycles. The first kappa shape index (κ1) is 12.2. The molecule has 1 aliphatic rings. The lowest BCUT2D eigenvalue weighted by molar-refractivity contribution is -0.0145. The number of carbonyl (C=O) groups is 2. The smallest absolute Gasteiger partial charge is 0.295 e. The van der Waals surface area contributed by atoms with Crippen molar-refractivity contribution in [3.05, 3.63) is 63.2 Å². The zero-order valence-electron chi connectivity index (χ0n) is 9.67. The number of benzene rings is 2. The number of hydrogen-bond acceptors (Lipinski definition) is 3. The number of rotatable bonds is 2. The Labute approximate surface area is 123 Å². The van der Waals surface area contributed by atoms with Crippen LogP contribution in [-0.4, -0.2) is 16.9 Å². The second-order valence-corrected chi connectivity index (χ2v) is 5.13. The van der Waals surface area contributed by atoms with Gasteiger partial charge in [-0.25, -0.2) is 0 Å². The summed E-state index contributed by atoms with van der Waals surface area (Å²) in [5, 5.41) is 0.808. The van der Waals surface area contributed by atoms with Crippen molar-refractivity contribution in [1.29, 1.82) is 0 Å². The lowest BCUT2D eigenvalue weighted by atomic mass is 10.1. The van der Waals surface area contributed by atoms with Crippen LogP contribution in [0.15, 0.2) is 48.5 Å². The Morgan fingerprint density at radius 3 is 1.95 bits per heavy atom. The average Bonchev–Trinajstić information content (AvgIpc) is 2.67. The quantitative estimate of drug-likeness (QED) is 0.608. The minimum Gasteiger partial charge on any atom is -0.367 e. The number of carbonyl (C=O) groups excluding carboxylic acids is 2. The Bertz CT molecular complexity index is 649. The zero-order valence-corrected chi connectivity index (χ0v) is 11.8. The Morgan fingerprint density at radius 2 is 1.37 bits per heavy atom. The van der Waals surface area contributed by atoms with Crippen LogP contribution in [0.3, 0.4) is 0 Å². The van der Waals surface area contributed by atoms with Gasteiger partial charge in [0.25, 0.3) is 11.8 Å². The normalized spacial score (nSPS) is 13.6. The minimum absolute atomic E-state index is 0.374. The molecule has 0 saturated heterocycles. The maximum atomic E-state index is 12.1.